The van der Waals surface area contributed by atoms with Crippen LogP contribution in [0.3, 0.4) is 0 Å². The summed E-state index contributed by atoms with van der Waals surface area (Å²) < 4.78 is 11.3. The molecule has 1 aromatic heterocycles. The van der Waals surface area contributed by atoms with Crippen molar-refractivity contribution in [3.05, 3.63) is 65.9 Å². The van der Waals surface area contributed by atoms with E-state index < -0.39 is 17.7 Å². The smallest absolute Gasteiger partial charge is 0.407 e. The molecule has 0 radical (unpaired) electrons. The molecule has 0 saturated heterocycles. The van der Waals surface area contributed by atoms with Gasteiger partial charge in [-0.1, -0.05) is 42.5 Å². The SMILES string of the molecule is CC(C)(C)OC(=O)N[C@H](CO)Cc1c[nH]c2c(OCc3ccccc3)cccc12. The number of benzene rings is 2. The Kier molecular flexibility index (Phi) is 6.44. The number of aliphatic hydroxyl groups is 1. The van der Waals surface area contributed by atoms with Crippen LogP contribution in [0.5, 0.6) is 5.75 Å². The Morgan fingerprint density at radius 2 is 1.90 bits per heavy atom. The Morgan fingerprint density at radius 1 is 1.14 bits per heavy atom. The van der Waals surface area contributed by atoms with Gasteiger partial charge in [0.05, 0.1) is 18.2 Å². The zero-order valence-corrected chi connectivity index (χ0v) is 17.1. The van der Waals surface area contributed by atoms with Gasteiger partial charge in [0.2, 0.25) is 0 Å². The lowest BCUT2D eigenvalue weighted by molar-refractivity contribution is 0.0483. The molecule has 6 nitrogen and oxygen atoms in total. The highest BCUT2D eigenvalue weighted by molar-refractivity contribution is 5.88. The molecule has 6 heteroatoms. The van der Waals surface area contributed by atoms with Gasteiger partial charge in [-0.05, 0) is 44.4 Å². The van der Waals surface area contributed by atoms with E-state index in [0.29, 0.717) is 13.0 Å². The number of aromatic amines is 1. The van der Waals surface area contributed by atoms with Gasteiger partial charge in [0.15, 0.2) is 0 Å². The molecule has 0 bridgehead atoms. The van der Waals surface area contributed by atoms with E-state index in [1.807, 2.05) is 54.7 Å². The molecule has 0 aliphatic heterocycles. The van der Waals surface area contributed by atoms with Gasteiger partial charge in [-0.3, -0.25) is 0 Å². The summed E-state index contributed by atoms with van der Waals surface area (Å²) in [5, 5.41) is 13.4. The van der Waals surface area contributed by atoms with Crippen LogP contribution in [-0.2, 0) is 17.8 Å². The Balaban J connectivity index is 1.71. The molecule has 0 spiro atoms. The molecule has 3 aromatic rings. The lowest BCUT2D eigenvalue weighted by Crippen LogP contribution is -2.42. The average molecular weight is 396 g/mol. The van der Waals surface area contributed by atoms with Crippen LogP contribution in [0.15, 0.2) is 54.7 Å². The molecule has 29 heavy (non-hydrogen) atoms. The van der Waals surface area contributed by atoms with Gasteiger partial charge in [0, 0.05) is 11.6 Å². The number of ether oxygens (including phenoxy) is 2. The minimum absolute atomic E-state index is 0.184. The summed E-state index contributed by atoms with van der Waals surface area (Å²) in [5.41, 5.74) is 2.39. The van der Waals surface area contributed by atoms with Crippen molar-refractivity contribution in [2.45, 2.75) is 45.4 Å². The number of fused-ring (bicyclic) bond motifs is 1. The van der Waals surface area contributed by atoms with E-state index >= 15 is 0 Å². The van der Waals surface area contributed by atoms with Crippen molar-refractivity contribution in [2.75, 3.05) is 6.61 Å². The van der Waals surface area contributed by atoms with Crippen LogP contribution >= 0.6 is 0 Å². The molecule has 0 aliphatic rings. The third-order valence-corrected chi connectivity index (χ3v) is 4.41. The largest absolute Gasteiger partial charge is 0.487 e. The molecule has 1 amide bonds. The van der Waals surface area contributed by atoms with Crippen LogP contribution in [0, 0.1) is 0 Å². The second-order valence-corrected chi connectivity index (χ2v) is 8.00. The fraction of sp³-hybridized carbons (Fsp3) is 0.348. The number of aliphatic hydroxyl groups excluding tert-OH is 1. The van der Waals surface area contributed by atoms with Crippen molar-refractivity contribution in [1.82, 2.24) is 10.3 Å². The van der Waals surface area contributed by atoms with E-state index in [4.69, 9.17) is 9.47 Å². The molecule has 1 heterocycles. The summed E-state index contributed by atoms with van der Waals surface area (Å²) in [6.07, 6.45) is 1.82. The molecule has 3 N–H and O–H groups in total. The number of nitrogens with one attached hydrogen (secondary N) is 2. The van der Waals surface area contributed by atoms with Crippen LogP contribution in [-0.4, -0.2) is 34.4 Å². The Labute approximate surface area is 170 Å². The number of carbonyl (C=O) groups excluding carboxylic acids is 1. The van der Waals surface area contributed by atoms with E-state index in [-0.39, 0.29) is 6.61 Å². The van der Waals surface area contributed by atoms with E-state index in [2.05, 4.69) is 10.3 Å². The second-order valence-electron chi connectivity index (χ2n) is 8.00. The normalized spacial score (nSPS) is 12.6. The summed E-state index contributed by atoms with van der Waals surface area (Å²) >= 11 is 0. The standard InChI is InChI=1S/C23H28N2O4/c1-23(2,3)29-22(27)25-18(14-26)12-17-13-24-21-19(17)10-7-11-20(21)28-15-16-8-5-4-6-9-16/h4-11,13,18,24,26H,12,14-15H2,1-3H3,(H,25,27)/t18-/m0/s1. The van der Waals surface area contributed by atoms with Crippen LogP contribution in [0.4, 0.5) is 4.79 Å². The number of amides is 1. The van der Waals surface area contributed by atoms with E-state index in [1.54, 1.807) is 20.8 Å². The number of hydrogen-bond acceptors (Lipinski definition) is 4. The van der Waals surface area contributed by atoms with Crippen LogP contribution < -0.4 is 10.1 Å². The maximum absolute atomic E-state index is 12.0. The average Bonchev–Trinajstić information content (AvgIpc) is 3.08. The first-order chi connectivity index (χ1) is 13.9. The number of H-pyrrole nitrogens is 1. The first-order valence-electron chi connectivity index (χ1n) is 9.72. The maximum atomic E-state index is 12.0. The first kappa shape index (κ1) is 20.7. The van der Waals surface area contributed by atoms with Gasteiger partial charge in [0.1, 0.15) is 18.0 Å². The molecule has 1 atom stereocenters. The van der Waals surface area contributed by atoms with Crippen LogP contribution in [0.1, 0.15) is 31.9 Å². The Hall–Kier alpha value is -2.99. The van der Waals surface area contributed by atoms with Gasteiger partial charge in [-0.25, -0.2) is 4.79 Å². The third kappa shape index (κ3) is 5.74. The topological polar surface area (TPSA) is 83.6 Å². The summed E-state index contributed by atoms with van der Waals surface area (Å²) in [5.74, 6) is 0.762. The highest BCUT2D eigenvalue weighted by Gasteiger charge is 2.20. The van der Waals surface area contributed by atoms with Crippen molar-refractivity contribution in [3.8, 4) is 5.75 Å². The zero-order valence-electron chi connectivity index (χ0n) is 17.1. The summed E-state index contributed by atoms with van der Waals surface area (Å²) in [7, 11) is 0. The van der Waals surface area contributed by atoms with Gasteiger partial charge in [-0.2, -0.15) is 0 Å². The lowest BCUT2D eigenvalue weighted by Gasteiger charge is -2.22. The lowest BCUT2D eigenvalue weighted by atomic mass is 10.1. The number of alkyl carbamates (subject to hydrolysis) is 1. The predicted molar refractivity (Wildman–Crippen MR) is 113 cm³/mol. The van der Waals surface area contributed by atoms with Gasteiger partial charge in [-0.15, -0.1) is 0 Å². The molecule has 0 aliphatic carbocycles. The Bertz CT molecular complexity index is 944. The first-order valence-corrected chi connectivity index (χ1v) is 9.72. The van der Waals surface area contributed by atoms with Crippen molar-refractivity contribution in [1.29, 1.82) is 0 Å². The Morgan fingerprint density at radius 3 is 2.59 bits per heavy atom. The quantitative estimate of drug-likeness (QED) is 0.560. The van der Waals surface area contributed by atoms with Crippen molar-refractivity contribution in [3.63, 3.8) is 0 Å². The number of rotatable bonds is 7. The molecule has 154 valence electrons. The van der Waals surface area contributed by atoms with Crippen LogP contribution in [0.25, 0.3) is 10.9 Å². The molecular formula is C23H28N2O4. The molecule has 0 unspecified atom stereocenters. The second kappa shape index (κ2) is 9.01. The fourth-order valence-electron chi connectivity index (χ4n) is 3.11. The summed E-state index contributed by atoms with van der Waals surface area (Å²) in [4.78, 5) is 15.3. The zero-order chi connectivity index (χ0) is 20.9. The highest BCUT2D eigenvalue weighted by Crippen LogP contribution is 2.28. The van der Waals surface area contributed by atoms with Gasteiger partial charge < -0.3 is 24.9 Å². The fourth-order valence-corrected chi connectivity index (χ4v) is 3.11. The van der Waals surface area contributed by atoms with E-state index in [0.717, 1.165) is 27.8 Å². The molecular weight excluding hydrogens is 368 g/mol. The van der Waals surface area contributed by atoms with Gasteiger partial charge >= 0.3 is 6.09 Å². The monoisotopic (exact) mass is 396 g/mol. The number of aromatic nitrogens is 1. The minimum atomic E-state index is -0.587. The third-order valence-electron chi connectivity index (χ3n) is 4.41. The maximum Gasteiger partial charge on any atom is 0.407 e. The summed E-state index contributed by atoms with van der Waals surface area (Å²) in [6.45, 7) is 5.70. The molecule has 3 rings (SSSR count). The molecule has 0 fully saturated rings. The van der Waals surface area contributed by atoms with Crippen LogP contribution in [0.2, 0.25) is 0 Å². The number of para-hydroxylation sites is 1. The number of hydrogen-bond donors (Lipinski definition) is 3. The van der Waals surface area contributed by atoms with Crippen molar-refractivity contribution >= 4 is 17.0 Å². The number of carbonyl (C=O) groups is 1. The molecule has 0 saturated carbocycles. The van der Waals surface area contributed by atoms with E-state index in [9.17, 15) is 9.90 Å². The van der Waals surface area contributed by atoms with Crippen molar-refractivity contribution in [2.24, 2.45) is 0 Å². The predicted octanol–water partition coefficient (Wildman–Crippen LogP) is 4.18. The van der Waals surface area contributed by atoms with E-state index in [1.165, 1.54) is 0 Å². The van der Waals surface area contributed by atoms with Crippen molar-refractivity contribution < 1.29 is 19.4 Å². The van der Waals surface area contributed by atoms with Gasteiger partial charge in [0.25, 0.3) is 0 Å². The summed E-state index contributed by atoms with van der Waals surface area (Å²) in [6, 6.07) is 15.4. The minimum Gasteiger partial charge on any atom is -0.487 e. The molecule has 2 aromatic carbocycles. The highest BCUT2D eigenvalue weighted by atomic mass is 16.6.